The van der Waals surface area contributed by atoms with Gasteiger partial charge in [-0.25, -0.2) is 18.4 Å². The molecule has 0 spiro atoms. The Morgan fingerprint density at radius 1 is 1.17 bits per heavy atom. The maximum absolute atomic E-state index is 12.0. The maximum Gasteiger partial charge on any atom is 0.344 e. The van der Waals surface area contributed by atoms with E-state index < -0.39 is 28.5 Å². The van der Waals surface area contributed by atoms with E-state index in [0.29, 0.717) is 10.8 Å². The molecule has 0 fully saturated rings. The van der Waals surface area contributed by atoms with Crippen LogP contribution in [0.2, 0.25) is 5.02 Å². The molecule has 162 valence electrons. The number of ether oxygens (including phenoxy) is 2. The minimum atomic E-state index is -3.90. The van der Waals surface area contributed by atoms with Crippen LogP contribution in [0.25, 0.3) is 0 Å². The van der Waals surface area contributed by atoms with Crippen LogP contribution in [0.15, 0.2) is 41.3 Å². The first-order chi connectivity index (χ1) is 14.0. The first-order valence-electron chi connectivity index (χ1n) is 8.98. The molecule has 10 heteroatoms. The third-order valence-electron chi connectivity index (χ3n) is 4.07. The van der Waals surface area contributed by atoms with Gasteiger partial charge in [0.2, 0.25) is 10.0 Å². The minimum Gasteiger partial charge on any atom is -0.482 e. The van der Waals surface area contributed by atoms with Crippen molar-refractivity contribution in [2.75, 3.05) is 18.5 Å². The van der Waals surface area contributed by atoms with Gasteiger partial charge in [0, 0.05) is 10.7 Å². The zero-order valence-electron chi connectivity index (χ0n) is 16.8. The Labute approximate surface area is 180 Å². The molecule has 2 rings (SSSR count). The highest BCUT2D eigenvalue weighted by Crippen LogP contribution is 2.32. The minimum absolute atomic E-state index is 0.132. The fourth-order valence-corrected chi connectivity index (χ4v) is 3.25. The topological polar surface area (TPSA) is 125 Å². The molecule has 0 radical (unpaired) electrons. The second-order valence-corrected chi connectivity index (χ2v) is 8.83. The van der Waals surface area contributed by atoms with Gasteiger partial charge in [0.1, 0.15) is 5.75 Å². The van der Waals surface area contributed by atoms with E-state index in [4.69, 9.17) is 26.2 Å². The summed E-state index contributed by atoms with van der Waals surface area (Å²) in [5.41, 5.74) is 1.87. The SMILES string of the molecule is Cc1cc(OCC(=O)OCC(=O)Nc2cccc(S(N)(=O)=O)c2)c(C(C)C)cc1Cl. The summed E-state index contributed by atoms with van der Waals surface area (Å²) in [4.78, 5) is 23.7. The van der Waals surface area contributed by atoms with Gasteiger partial charge in [0.25, 0.3) is 5.91 Å². The van der Waals surface area contributed by atoms with Crippen LogP contribution < -0.4 is 15.2 Å². The Hall–Kier alpha value is -2.62. The standard InChI is InChI=1S/C20H23ClN2O6S/c1-12(2)16-9-17(21)13(3)7-18(16)28-11-20(25)29-10-19(24)23-14-5-4-6-15(8-14)30(22,26)27/h4-9,12H,10-11H2,1-3H3,(H,23,24)(H2,22,26,27). The lowest BCUT2D eigenvalue weighted by molar-refractivity contribution is -0.149. The Balaban J connectivity index is 1.90. The number of carbonyl (C=O) groups is 2. The molecule has 2 aromatic rings. The van der Waals surface area contributed by atoms with Gasteiger partial charge in [0.15, 0.2) is 13.2 Å². The zero-order chi connectivity index (χ0) is 22.5. The number of anilines is 1. The summed E-state index contributed by atoms with van der Waals surface area (Å²) in [5.74, 6) is -0.716. The molecule has 0 aromatic heterocycles. The largest absolute Gasteiger partial charge is 0.482 e. The van der Waals surface area contributed by atoms with E-state index >= 15 is 0 Å². The first kappa shape index (κ1) is 23.7. The average molecular weight is 455 g/mol. The van der Waals surface area contributed by atoms with Crippen LogP contribution in [0.5, 0.6) is 5.75 Å². The number of rotatable bonds is 8. The highest BCUT2D eigenvalue weighted by Gasteiger charge is 2.15. The van der Waals surface area contributed by atoms with Crippen molar-refractivity contribution in [2.45, 2.75) is 31.6 Å². The van der Waals surface area contributed by atoms with Gasteiger partial charge in [-0.15, -0.1) is 0 Å². The Morgan fingerprint density at radius 2 is 1.87 bits per heavy atom. The van der Waals surface area contributed by atoms with Gasteiger partial charge < -0.3 is 14.8 Å². The number of primary sulfonamides is 1. The quantitative estimate of drug-likeness (QED) is 0.590. The van der Waals surface area contributed by atoms with Gasteiger partial charge in [-0.1, -0.05) is 31.5 Å². The van der Waals surface area contributed by atoms with E-state index in [1.807, 2.05) is 20.8 Å². The van der Waals surface area contributed by atoms with Gasteiger partial charge >= 0.3 is 5.97 Å². The lowest BCUT2D eigenvalue weighted by Gasteiger charge is -2.15. The van der Waals surface area contributed by atoms with E-state index in [2.05, 4.69) is 5.32 Å². The molecule has 0 aliphatic carbocycles. The third-order valence-corrected chi connectivity index (χ3v) is 5.39. The van der Waals surface area contributed by atoms with Crippen molar-refractivity contribution < 1.29 is 27.5 Å². The molecule has 0 unspecified atom stereocenters. The monoisotopic (exact) mass is 454 g/mol. The van der Waals surface area contributed by atoms with Crippen molar-refractivity contribution in [3.05, 3.63) is 52.5 Å². The second-order valence-electron chi connectivity index (χ2n) is 6.86. The molecule has 2 aromatic carbocycles. The fourth-order valence-electron chi connectivity index (χ4n) is 2.52. The Bertz CT molecular complexity index is 1050. The van der Waals surface area contributed by atoms with E-state index in [9.17, 15) is 18.0 Å². The summed E-state index contributed by atoms with van der Waals surface area (Å²) in [6.45, 7) is 4.84. The number of amides is 1. The smallest absolute Gasteiger partial charge is 0.344 e. The summed E-state index contributed by atoms with van der Waals surface area (Å²) in [5, 5.41) is 8.09. The number of sulfonamides is 1. The second kappa shape index (κ2) is 9.92. The van der Waals surface area contributed by atoms with Gasteiger partial charge in [-0.2, -0.15) is 0 Å². The summed E-state index contributed by atoms with van der Waals surface area (Å²) in [6.07, 6.45) is 0. The number of aryl methyl sites for hydroxylation is 1. The predicted octanol–water partition coefficient (Wildman–Crippen LogP) is 2.98. The molecular formula is C20H23ClN2O6S. The normalized spacial score (nSPS) is 11.3. The predicted molar refractivity (Wildman–Crippen MR) is 113 cm³/mol. The maximum atomic E-state index is 12.0. The number of esters is 1. The van der Waals surface area contributed by atoms with Gasteiger partial charge in [-0.3, -0.25) is 4.79 Å². The van der Waals surface area contributed by atoms with Crippen molar-refractivity contribution >= 4 is 39.2 Å². The van der Waals surface area contributed by atoms with E-state index in [1.165, 1.54) is 24.3 Å². The third kappa shape index (κ3) is 6.72. The lowest BCUT2D eigenvalue weighted by atomic mass is 10.0. The molecule has 8 nitrogen and oxygen atoms in total. The fraction of sp³-hybridized carbons (Fsp3) is 0.300. The van der Waals surface area contributed by atoms with E-state index in [0.717, 1.165) is 11.1 Å². The number of nitrogens with one attached hydrogen (secondary N) is 1. The molecule has 0 saturated heterocycles. The molecule has 0 aliphatic heterocycles. The highest BCUT2D eigenvalue weighted by atomic mass is 35.5. The van der Waals surface area contributed by atoms with Gasteiger partial charge in [-0.05, 0) is 54.3 Å². The highest BCUT2D eigenvalue weighted by molar-refractivity contribution is 7.89. The molecule has 0 aliphatic rings. The van der Waals surface area contributed by atoms with Crippen molar-refractivity contribution in [3.8, 4) is 5.75 Å². The van der Waals surface area contributed by atoms with Gasteiger partial charge in [0.05, 0.1) is 4.90 Å². The van der Waals surface area contributed by atoms with Crippen LogP contribution in [0.1, 0.15) is 30.9 Å². The molecule has 30 heavy (non-hydrogen) atoms. The van der Waals surface area contributed by atoms with E-state index in [1.54, 1.807) is 12.1 Å². The van der Waals surface area contributed by atoms with Crippen molar-refractivity contribution in [1.29, 1.82) is 0 Å². The van der Waals surface area contributed by atoms with Crippen LogP contribution >= 0.6 is 11.6 Å². The molecule has 0 atom stereocenters. The summed E-state index contributed by atoms with van der Waals surface area (Å²) < 4.78 is 33.2. The molecular weight excluding hydrogens is 432 g/mol. The summed E-state index contributed by atoms with van der Waals surface area (Å²) in [7, 11) is -3.90. The van der Waals surface area contributed by atoms with Crippen molar-refractivity contribution in [1.82, 2.24) is 0 Å². The number of nitrogens with two attached hydrogens (primary N) is 1. The van der Waals surface area contributed by atoms with Crippen LogP contribution in [-0.2, 0) is 24.3 Å². The summed E-state index contributed by atoms with van der Waals surface area (Å²) >= 11 is 6.15. The van der Waals surface area contributed by atoms with E-state index in [-0.39, 0.29) is 23.1 Å². The average Bonchev–Trinajstić information content (AvgIpc) is 2.66. The number of carbonyl (C=O) groups excluding carboxylic acids is 2. The van der Waals surface area contributed by atoms with Crippen LogP contribution in [-0.4, -0.2) is 33.5 Å². The zero-order valence-corrected chi connectivity index (χ0v) is 18.3. The molecule has 3 N–H and O–H groups in total. The molecule has 0 bridgehead atoms. The Kier molecular flexibility index (Phi) is 7.83. The van der Waals surface area contributed by atoms with Crippen LogP contribution in [0.3, 0.4) is 0 Å². The van der Waals surface area contributed by atoms with Crippen LogP contribution in [0, 0.1) is 6.92 Å². The number of hydrogen-bond donors (Lipinski definition) is 2. The molecule has 0 saturated carbocycles. The first-order valence-corrected chi connectivity index (χ1v) is 10.9. The van der Waals surface area contributed by atoms with Crippen LogP contribution in [0.4, 0.5) is 5.69 Å². The number of benzene rings is 2. The summed E-state index contributed by atoms with van der Waals surface area (Å²) in [6, 6.07) is 8.95. The lowest BCUT2D eigenvalue weighted by Crippen LogP contribution is -2.24. The van der Waals surface area contributed by atoms with Crippen molar-refractivity contribution in [3.63, 3.8) is 0 Å². The molecule has 1 amide bonds. The number of halogens is 1. The Morgan fingerprint density at radius 3 is 2.50 bits per heavy atom. The number of hydrogen-bond acceptors (Lipinski definition) is 6. The van der Waals surface area contributed by atoms with Crippen molar-refractivity contribution in [2.24, 2.45) is 5.14 Å². The molecule has 0 heterocycles.